The maximum atomic E-state index is 12.7. The van der Waals surface area contributed by atoms with Gasteiger partial charge in [0.15, 0.2) is 5.82 Å². The third-order valence-corrected chi connectivity index (χ3v) is 10.9. The van der Waals surface area contributed by atoms with Crippen LogP contribution in [0.25, 0.3) is 22.4 Å². The Bertz CT molecular complexity index is 1860. The van der Waals surface area contributed by atoms with Crippen molar-refractivity contribution in [2.45, 2.75) is 75.4 Å². The number of hydrogen-bond donors (Lipinski definition) is 3. The third kappa shape index (κ3) is 6.09. The fourth-order valence-electron chi connectivity index (χ4n) is 8.32. The van der Waals surface area contributed by atoms with Gasteiger partial charge in [0.2, 0.25) is 11.8 Å². The lowest BCUT2D eigenvalue weighted by Crippen LogP contribution is -2.54. The van der Waals surface area contributed by atoms with Crippen molar-refractivity contribution in [1.82, 2.24) is 30.2 Å². The van der Waals surface area contributed by atoms with Gasteiger partial charge in [-0.1, -0.05) is 24.3 Å². The summed E-state index contributed by atoms with van der Waals surface area (Å²) in [5, 5.41) is 25.9. The number of para-hydroxylation sites is 2. The molecular weight excluding hydrogens is 620 g/mol. The third-order valence-electron chi connectivity index (χ3n) is 10.9. The molecule has 12 heteroatoms. The number of phenolic OH excluding ortho intramolecular Hbond substituents is 1. The number of rotatable bonds is 6. The van der Waals surface area contributed by atoms with Crippen LogP contribution in [0.4, 0.5) is 11.5 Å². The molecule has 2 aromatic carbocycles. The number of phenols is 1. The van der Waals surface area contributed by atoms with Crippen LogP contribution in [0, 0.1) is 0 Å². The van der Waals surface area contributed by atoms with Gasteiger partial charge in [-0.3, -0.25) is 19.6 Å². The number of nitrogen functional groups attached to an aromatic ring is 1. The van der Waals surface area contributed by atoms with E-state index in [1.807, 2.05) is 24.4 Å². The van der Waals surface area contributed by atoms with Gasteiger partial charge in [0.25, 0.3) is 0 Å². The minimum Gasteiger partial charge on any atom is -0.507 e. The van der Waals surface area contributed by atoms with E-state index < -0.39 is 0 Å². The number of aromatic hydroxyl groups is 1. The van der Waals surface area contributed by atoms with Crippen molar-refractivity contribution in [3.63, 3.8) is 0 Å². The lowest BCUT2D eigenvalue weighted by Gasteiger charge is -2.42. The molecule has 3 fully saturated rings. The van der Waals surface area contributed by atoms with E-state index in [2.05, 4.69) is 54.4 Å². The normalized spacial score (nSPS) is 23.5. The highest BCUT2D eigenvalue weighted by Crippen LogP contribution is 2.45. The van der Waals surface area contributed by atoms with Crippen molar-refractivity contribution in [2.75, 3.05) is 36.9 Å². The second kappa shape index (κ2) is 13.1. The number of piperidine rings is 2. The minimum atomic E-state index is -0.337. The van der Waals surface area contributed by atoms with Gasteiger partial charge in [0.1, 0.15) is 24.1 Å². The molecule has 49 heavy (non-hydrogen) atoms. The highest BCUT2D eigenvalue weighted by atomic mass is 16.5. The average molecular weight is 663 g/mol. The second-order valence-electron chi connectivity index (χ2n) is 13.7. The average Bonchev–Trinajstić information content (AvgIpc) is 3.62. The van der Waals surface area contributed by atoms with Crippen LogP contribution >= 0.6 is 0 Å². The molecule has 12 nitrogen and oxygen atoms in total. The number of fused-ring (bicyclic) bond motifs is 1. The summed E-state index contributed by atoms with van der Waals surface area (Å²) in [6.07, 6.45) is 11.4. The molecule has 1 atom stereocenters. The molecule has 2 amide bonds. The Balaban J connectivity index is 0.884. The van der Waals surface area contributed by atoms with E-state index in [1.165, 1.54) is 5.56 Å². The van der Waals surface area contributed by atoms with Gasteiger partial charge >= 0.3 is 0 Å². The number of aromatic nitrogens is 4. The van der Waals surface area contributed by atoms with Crippen molar-refractivity contribution >= 4 is 23.3 Å². The number of likely N-dealkylation sites (tertiary alicyclic amines) is 1. The van der Waals surface area contributed by atoms with Crippen molar-refractivity contribution in [1.29, 1.82) is 0 Å². The zero-order valence-corrected chi connectivity index (χ0v) is 27.5. The first-order valence-corrected chi connectivity index (χ1v) is 17.5. The molecule has 4 aliphatic rings. The Kier molecular flexibility index (Phi) is 8.40. The molecule has 8 rings (SSSR count). The van der Waals surface area contributed by atoms with E-state index in [0.29, 0.717) is 61.1 Å². The lowest BCUT2D eigenvalue weighted by atomic mass is 9.80. The number of carbonyl (C=O) groups excluding carboxylic acids is 2. The van der Waals surface area contributed by atoms with E-state index in [-0.39, 0.29) is 23.6 Å². The quantitative estimate of drug-likeness (QED) is 0.249. The van der Waals surface area contributed by atoms with Crippen LogP contribution in [0.15, 0.2) is 60.9 Å². The molecule has 1 saturated carbocycles. The largest absolute Gasteiger partial charge is 0.507 e. The van der Waals surface area contributed by atoms with Gasteiger partial charge in [-0.25, -0.2) is 0 Å². The lowest BCUT2D eigenvalue weighted by molar-refractivity contribution is -0.134. The number of ether oxygens (including phenoxy) is 1. The van der Waals surface area contributed by atoms with Gasteiger partial charge in [-0.15, -0.1) is 10.2 Å². The first kappa shape index (κ1) is 31.3. The van der Waals surface area contributed by atoms with Crippen molar-refractivity contribution in [3.8, 4) is 33.9 Å². The highest BCUT2D eigenvalue weighted by molar-refractivity contribution is 6.02. The van der Waals surface area contributed by atoms with Crippen molar-refractivity contribution in [2.24, 2.45) is 0 Å². The SMILES string of the molecule is Nc1nnc(-c2ccccc2O)cc1-c1cnn(C2CCN(C3CCC(c4cccc5c4OCCN5C4CCC(=O)NC4=O)CC3)CC2)c1. The summed E-state index contributed by atoms with van der Waals surface area (Å²) in [5.41, 5.74) is 11.3. The zero-order valence-electron chi connectivity index (χ0n) is 27.5. The molecule has 0 radical (unpaired) electrons. The molecule has 2 saturated heterocycles. The number of hydrogen-bond acceptors (Lipinski definition) is 10. The number of nitrogens with one attached hydrogen (secondary N) is 1. The second-order valence-corrected chi connectivity index (χ2v) is 13.7. The van der Waals surface area contributed by atoms with Gasteiger partial charge in [0.05, 0.1) is 30.2 Å². The minimum absolute atomic E-state index is 0.148. The summed E-state index contributed by atoms with van der Waals surface area (Å²) in [6, 6.07) is 15.8. The summed E-state index contributed by atoms with van der Waals surface area (Å²) < 4.78 is 8.34. The standard InChI is InChI=1S/C37H42N8O4/c38-36-29(20-30(41-42-36)28-4-1-2-7-33(28)46)24-21-39-45(22-24)26-14-16-43(17-15-26)25-10-8-23(9-11-25)27-5-3-6-31-35(27)49-19-18-44(31)32-12-13-34(47)40-37(32)48/h1-7,20-23,25-26,32,46H,8-19H2,(H2,38,42)(H,40,47,48). The van der Waals surface area contributed by atoms with Crippen LogP contribution in [0.3, 0.4) is 0 Å². The van der Waals surface area contributed by atoms with Crippen molar-refractivity contribution in [3.05, 3.63) is 66.5 Å². The topological polar surface area (TPSA) is 152 Å². The number of nitrogens with zero attached hydrogens (tertiary/aromatic N) is 6. The number of imide groups is 1. The van der Waals surface area contributed by atoms with Crippen LogP contribution in [0.5, 0.6) is 11.5 Å². The summed E-state index contributed by atoms with van der Waals surface area (Å²) in [6.45, 7) is 3.25. The summed E-state index contributed by atoms with van der Waals surface area (Å²) in [7, 11) is 0. The summed E-state index contributed by atoms with van der Waals surface area (Å²) in [4.78, 5) is 29.2. The summed E-state index contributed by atoms with van der Waals surface area (Å²) >= 11 is 0. The molecule has 1 aliphatic carbocycles. The molecule has 254 valence electrons. The predicted molar refractivity (Wildman–Crippen MR) is 185 cm³/mol. The number of benzene rings is 2. The van der Waals surface area contributed by atoms with E-state index >= 15 is 0 Å². The molecule has 2 aromatic heterocycles. The fourth-order valence-corrected chi connectivity index (χ4v) is 8.32. The van der Waals surface area contributed by atoms with Gasteiger partial charge < -0.3 is 25.4 Å². The van der Waals surface area contributed by atoms with Crippen molar-refractivity contribution < 1.29 is 19.4 Å². The maximum absolute atomic E-state index is 12.7. The molecule has 4 aromatic rings. The van der Waals surface area contributed by atoms with Crippen LogP contribution in [-0.2, 0) is 9.59 Å². The van der Waals surface area contributed by atoms with Crippen LogP contribution in [0.2, 0.25) is 0 Å². The fraction of sp³-hybridized carbons (Fsp3) is 0.432. The van der Waals surface area contributed by atoms with Gasteiger partial charge in [0, 0.05) is 48.4 Å². The Hall–Kier alpha value is -4.97. The molecular formula is C37H42N8O4. The predicted octanol–water partition coefficient (Wildman–Crippen LogP) is 4.66. The smallest absolute Gasteiger partial charge is 0.249 e. The van der Waals surface area contributed by atoms with Gasteiger partial charge in [-0.2, -0.15) is 5.10 Å². The maximum Gasteiger partial charge on any atom is 0.249 e. The molecule has 1 unspecified atom stereocenters. The van der Waals surface area contributed by atoms with E-state index in [0.717, 1.165) is 74.2 Å². The summed E-state index contributed by atoms with van der Waals surface area (Å²) in [5.74, 6) is 1.43. The number of carbonyl (C=O) groups is 2. The first-order chi connectivity index (χ1) is 23.9. The number of nitrogens with two attached hydrogens (primary N) is 1. The Morgan fingerprint density at radius 1 is 0.878 bits per heavy atom. The van der Waals surface area contributed by atoms with E-state index in [4.69, 9.17) is 15.6 Å². The first-order valence-electron chi connectivity index (χ1n) is 17.5. The highest BCUT2D eigenvalue weighted by Gasteiger charge is 2.37. The number of amides is 2. The molecule has 3 aliphatic heterocycles. The van der Waals surface area contributed by atoms with E-state index in [1.54, 1.807) is 12.1 Å². The Morgan fingerprint density at radius 2 is 1.69 bits per heavy atom. The molecule has 5 heterocycles. The zero-order chi connectivity index (χ0) is 33.5. The van der Waals surface area contributed by atoms with Crippen LogP contribution < -0.4 is 20.7 Å². The molecule has 4 N–H and O–H groups in total. The number of anilines is 2. The van der Waals surface area contributed by atoms with Crippen LogP contribution in [0.1, 0.15) is 68.9 Å². The monoisotopic (exact) mass is 662 g/mol. The van der Waals surface area contributed by atoms with Gasteiger partial charge in [-0.05, 0) is 80.7 Å². The van der Waals surface area contributed by atoms with Crippen LogP contribution in [-0.4, -0.2) is 80.1 Å². The Labute approximate surface area is 285 Å². The Morgan fingerprint density at radius 3 is 2.49 bits per heavy atom. The molecule has 0 spiro atoms. The molecule has 0 bridgehead atoms. The van der Waals surface area contributed by atoms with E-state index in [9.17, 15) is 14.7 Å².